The quantitative estimate of drug-likeness (QED) is 0.393. The highest BCUT2D eigenvalue weighted by molar-refractivity contribution is 5.77. The van der Waals surface area contributed by atoms with Gasteiger partial charge in [0.15, 0.2) is 18.1 Å². The van der Waals surface area contributed by atoms with Crippen molar-refractivity contribution in [2.45, 2.75) is 32.9 Å². The highest BCUT2D eigenvalue weighted by Crippen LogP contribution is 2.37. The van der Waals surface area contributed by atoms with Gasteiger partial charge >= 0.3 is 0 Å². The Balaban J connectivity index is 1.28. The molecule has 8 nitrogen and oxygen atoms in total. The summed E-state index contributed by atoms with van der Waals surface area (Å²) in [7, 11) is 3.20. The first-order valence-corrected chi connectivity index (χ1v) is 13.4. The number of benzene rings is 3. The molecule has 0 unspecified atom stereocenters. The second kappa shape index (κ2) is 12.3. The van der Waals surface area contributed by atoms with Gasteiger partial charge < -0.3 is 29.0 Å². The molecule has 0 aliphatic carbocycles. The second-order valence-electron chi connectivity index (χ2n) is 10.2. The SMILES string of the molecule is COc1cc(CNC(=O)COc2ccc(-c3ccc4c(c3)OCO4)cc2CN2CCC[C@H](C)C2)cc(OC)c1. The first-order valence-electron chi connectivity index (χ1n) is 13.4. The van der Waals surface area contributed by atoms with Gasteiger partial charge in [0.25, 0.3) is 5.91 Å². The predicted octanol–water partition coefficient (Wildman–Crippen LogP) is 5.03. The van der Waals surface area contributed by atoms with Gasteiger partial charge in [-0.15, -0.1) is 0 Å². The van der Waals surface area contributed by atoms with E-state index in [1.165, 1.54) is 12.8 Å². The Kier molecular flexibility index (Phi) is 8.42. The molecular formula is C31H36N2O6. The third-order valence-corrected chi connectivity index (χ3v) is 7.16. The van der Waals surface area contributed by atoms with E-state index < -0.39 is 0 Å². The summed E-state index contributed by atoms with van der Waals surface area (Å²) in [5.41, 5.74) is 4.06. The lowest BCUT2D eigenvalue weighted by Crippen LogP contribution is -2.34. The molecule has 1 amide bonds. The van der Waals surface area contributed by atoms with Gasteiger partial charge in [-0.05, 0) is 78.4 Å². The summed E-state index contributed by atoms with van der Waals surface area (Å²) in [6.07, 6.45) is 2.45. The van der Waals surface area contributed by atoms with E-state index in [2.05, 4.69) is 23.2 Å². The fourth-order valence-electron chi connectivity index (χ4n) is 5.13. The predicted molar refractivity (Wildman–Crippen MR) is 149 cm³/mol. The van der Waals surface area contributed by atoms with Crippen molar-refractivity contribution in [1.82, 2.24) is 10.2 Å². The van der Waals surface area contributed by atoms with Crippen LogP contribution in [0.1, 0.15) is 30.9 Å². The minimum absolute atomic E-state index is 0.0755. The molecule has 3 aromatic rings. The first-order chi connectivity index (χ1) is 19.0. The van der Waals surface area contributed by atoms with E-state index in [4.69, 9.17) is 23.7 Å². The zero-order valence-corrected chi connectivity index (χ0v) is 22.8. The van der Waals surface area contributed by atoms with Crippen molar-refractivity contribution in [3.63, 3.8) is 0 Å². The summed E-state index contributed by atoms with van der Waals surface area (Å²) in [6.45, 7) is 5.70. The number of piperidine rings is 1. The van der Waals surface area contributed by atoms with E-state index in [-0.39, 0.29) is 19.3 Å². The van der Waals surface area contributed by atoms with Crippen LogP contribution in [-0.2, 0) is 17.9 Å². The number of likely N-dealkylation sites (tertiary alicyclic amines) is 1. The molecule has 0 radical (unpaired) electrons. The van der Waals surface area contributed by atoms with Gasteiger partial charge in [-0.3, -0.25) is 9.69 Å². The Bertz CT molecular complexity index is 1290. The number of ether oxygens (including phenoxy) is 5. The second-order valence-corrected chi connectivity index (χ2v) is 10.2. The third kappa shape index (κ3) is 6.75. The summed E-state index contributed by atoms with van der Waals surface area (Å²) in [4.78, 5) is 15.2. The Labute approximate surface area is 229 Å². The Hall–Kier alpha value is -3.91. The van der Waals surface area contributed by atoms with Crippen molar-refractivity contribution in [1.29, 1.82) is 0 Å². The Morgan fingerprint density at radius 3 is 2.49 bits per heavy atom. The van der Waals surface area contributed by atoms with Gasteiger partial charge in [0.1, 0.15) is 17.2 Å². The molecule has 5 rings (SSSR count). The van der Waals surface area contributed by atoms with E-state index in [1.54, 1.807) is 20.3 Å². The zero-order valence-electron chi connectivity index (χ0n) is 22.8. The van der Waals surface area contributed by atoms with Gasteiger partial charge in [0.05, 0.1) is 14.2 Å². The van der Waals surface area contributed by atoms with E-state index >= 15 is 0 Å². The van der Waals surface area contributed by atoms with Crippen LogP contribution in [0.3, 0.4) is 0 Å². The lowest BCUT2D eigenvalue weighted by molar-refractivity contribution is -0.123. The van der Waals surface area contributed by atoms with Crippen LogP contribution in [0.5, 0.6) is 28.7 Å². The lowest BCUT2D eigenvalue weighted by atomic mass is 9.98. The van der Waals surface area contributed by atoms with Crippen LogP contribution in [0.25, 0.3) is 11.1 Å². The van der Waals surface area contributed by atoms with Crippen LogP contribution in [0.2, 0.25) is 0 Å². The molecule has 39 heavy (non-hydrogen) atoms. The monoisotopic (exact) mass is 532 g/mol. The van der Waals surface area contributed by atoms with Crippen molar-refractivity contribution >= 4 is 5.91 Å². The van der Waals surface area contributed by atoms with Gasteiger partial charge in [-0.1, -0.05) is 19.1 Å². The number of hydrogen-bond donors (Lipinski definition) is 1. The topological polar surface area (TPSA) is 78.5 Å². The van der Waals surface area contributed by atoms with E-state index in [0.717, 1.165) is 59.1 Å². The number of carbonyl (C=O) groups is 1. The number of nitrogens with zero attached hydrogens (tertiary/aromatic N) is 1. The first kappa shape index (κ1) is 26.7. The summed E-state index contributed by atoms with van der Waals surface area (Å²) in [6, 6.07) is 17.7. The number of amides is 1. The van der Waals surface area contributed by atoms with Crippen LogP contribution in [0.4, 0.5) is 0 Å². The fourth-order valence-corrected chi connectivity index (χ4v) is 5.13. The molecule has 1 atom stereocenters. The Morgan fingerprint density at radius 2 is 1.72 bits per heavy atom. The minimum atomic E-state index is -0.200. The summed E-state index contributed by atoms with van der Waals surface area (Å²) < 4.78 is 27.8. The van der Waals surface area contributed by atoms with E-state index in [1.807, 2.05) is 42.5 Å². The van der Waals surface area contributed by atoms with Crippen molar-refractivity contribution in [3.8, 4) is 39.9 Å². The van der Waals surface area contributed by atoms with Crippen LogP contribution < -0.4 is 29.0 Å². The molecule has 3 aromatic carbocycles. The molecule has 1 N–H and O–H groups in total. The van der Waals surface area contributed by atoms with Gasteiger partial charge in [-0.2, -0.15) is 0 Å². The average molecular weight is 533 g/mol. The molecule has 0 bridgehead atoms. The maximum Gasteiger partial charge on any atom is 0.258 e. The number of carbonyl (C=O) groups excluding carboxylic acids is 1. The maximum atomic E-state index is 12.7. The molecule has 0 spiro atoms. The molecule has 0 saturated carbocycles. The van der Waals surface area contributed by atoms with Crippen molar-refractivity contribution in [2.75, 3.05) is 40.7 Å². The fraction of sp³-hybridized carbons (Fsp3) is 0.387. The molecule has 2 aliphatic heterocycles. The molecule has 0 aromatic heterocycles. The minimum Gasteiger partial charge on any atom is -0.497 e. The molecule has 1 saturated heterocycles. The van der Waals surface area contributed by atoms with Crippen molar-refractivity contribution < 1.29 is 28.5 Å². The van der Waals surface area contributed by atoms with E-state index in [9.17, 15) is 4.79 Å². The maximum absolute atomic E-state index is 12.7. The van der Waals surface area contributed by atoms with Gasteiger partial charge in [-0.25, -0.2) is 0 Å². The van der Waals surface area contributed by atoms with Crippen molar-refractivity contribution in [2.24, 2.45) is 5.92 Å². The summed E-state index contributed by atoms with van der Waals surface area (Å²) in [5.74, 6) is 4.05. The molecule has 1 fully saturated rings. The number of methoxy groups -OCH3 is 2. The van der Waals surface area contributed by atoms with Crippen molar-refractivity contribution in [3.05, 3.63) is 65.7 Å². The highest BCUT2D eigenvalue weighted by atomic mass is 16.7. The van der Waals surface area contributed by atoms with Crippen LogP contribution in [-0.4, -0.2) is 51.5 Å². The standard InChI is InChI=1S/C31H36N2O6/c1-21-5-4-10-33(17-21)18-25-13-23(24-7-9-29-30(14-24)39-20-38-29)6-8-28(25)37-19-31(34)32-16-22-11-26(35-2)15-27(12-22)36-3/h6-9,11-15,21H,4-5,10,16-20H2,1-3H3,(H,32,34)/t21-/m0/s1. The summed E-state index contributed by atoms with van der Waals surface area (Å²) >= 11 is 0. The van der Waals surface area contributed by atoms with E-state index in [0.29, 0.717) is 24.0 Å². The molecule has 2 heterocycles. The van der Waals surface area contributed by atoms with Gasteiger partial charge in [0, 0.05) is 31.3 Å². The normalized spacial score (nSPS) is 16.5. The number of fused-ring (bicyclic) bond motifs is 1. The molecule has 8 heteroatoms. The smallest absolute Gasteiger partial charge is 0.258 e. The number of nitrogens with one attached hydrogen (secondary N) is 1. The number of rotatable bonds is 10. The third-order valence-electron chi connectivity index (χ3n) is 7.16. The van der Waals surface area contributed by atoms with Crippen LogP contribution in [0, 0.1) is 5.92 Å². The molecule has 206 valence electrons. The number of hydrogen-bond acceptors (Lipinski definition) is 7. The summed E-state index contributed by atoms with van der Waals surface area (Å²) in [5, 5.41) is 2.93. The largest absolute Gasteiger partial charge is 0.497 e. The Morgan fingerprint density at radius 1 is 0.974 bits per heavy atom. The van der Waals surface area contributed by atoms with Gasteiger partial charge in [0.2, 0.25) is 6.79 Å². The van der Waals surface area contributed by atoms with Crippen LogP contribution >= 0.6 is 0 Å². The lowest BCUT2D eigenvalue weighted by Gasteiger charge is -2.31. The molecule has 2 aliphatic rings. The zero-order chi connectivity index (χ0) is 27.2. The van der Waals surface area contributed by atoms with Crippen LogP contribution in [0.15, 0.2) is 54.6 Å². The molecular weight excluding hydrogens is 496 g/mol. The highest BCUT2D eigenvalue weighted by Gasteiger charge is 2.20. The average Bonchev–Trinajstić information content (AvgIpc) is 3.43.